The lowest BCUT2D eigenvalue weighted by atomic mass is 10.2. The maximum absolute atomic E-state index is 5.57. The number of unbranched alkanes of at least 4 members (excludes halogenated alkanes) is 4. The largest absolute Gasteiger partial charge is 0.299 e. The summed E-state index contributed by atoms with van der Waals surface area (Å²) in [6.45, 7) is 9.55. The van der Waals surface area contributed by atoms with Crippen molar-refractivity contribution in [1.29, 1.82) is 0 Å². The fraction of sp³-hybridized carbons (Fsp3) is 1.00. The quantitative estimate of drug-likeness (QED) is 0.395. The molecule has 2 nitrogen and oxygen atoms in total. The van der Waals surface area contributed by atoms with E-state index in [2.05, 4.69) is 25.8 Å². The SMILES string of the molecule is CCCCCN(CCCCC)OCC. The van der Waals surface area contributed by atoms with Crippen molar-refractivity contribution in [3.05, 3.63) is 0 Å². The summed E-state index contributed by atoms with van der Waals surface area (Å²) in [5, 5.41) is 2.14. The third-order valence-electron chi connectivity index (χ3n) is 2.33. The molecule has 0 saturated carbocycles. The molecule has 0 aromatic heterocycles. The molecular formula is C12H27NO. The van der Waals surface area contributed by atoms with Crippen molar-refractivity contribution in [3.63, 3.8) is 0 Å². The zero-order valence-corrected chi connectivity index (χ0v) is 10.2. The molecule has 0 fully saturated rings. The van der Waals surface area contributed by atoms with Crippen molar-refractivity contribution in [2.45, 2.75) is 59.3 Å². The van der Waals surface area contributed by atoms with Crippen molar-refractivity contribution in [2.75, 3.05) is 19.7 Å². The Morgan fingerprint density at radius 1 is 0.786 bits per heavy atom. The number of hydroxylamine groups is 2. The van der Waals surface area contributed by atoms with E-state index >= 15 is 0 Å². The highest BCUT2D eigenvalue weighted by atomic mass is 16.7. The minimum atomic E-state index is 0.804. The lowest BCUT2D eigenvalue weighted by molar-refractivity contribution is -0.155. The van der Waals surface area contributed by atoms with Gasteiger partial charge in [0.05, 0.1) is 6.61 Å². The molecule has 0 amide bonds. The van der Waals surface area contributed by atoms with Gasteiger partial charge in [0.2, 0.25) is 0 Å². The van der Waals surface area contributed by atoms with Gasteiger partial charge in [0.25, 0.3) is 0 Å². The van der Waals surface area contributed by atoms with E-state index in [0.29, 0.717) is 0 Å². The highest BCUT2D eigenvalue weighted by Crippen LogP contribution is 2.03. The van der Waals surface area contributed by atoms with Crippen LogP contribution in [0.4, 0.5) is 0 Å². The lowest BCUT2D eigenvalue weighted by Gasteiger charge is -2.20. The molecule has 0 bridgehead atoms. The normalized spacial score (nSPS) is 11.1. The summed E-state index contributed by atoms with van der Waals surface area (Å²) in [6, 6.07) is 0. The minimum Gasteiger partial charge on any atom is -0.299 e. The van der Waals surface area contributed by atoms with Gasteiger partial charge in [-0.1, -0.05) is 39.5 Å². The standard InChI is InChI=1S/C12H27NO/c1-4-7-9-11-13(14-6-3)12-10-8-5-2/h4-12H2,1-3H3. The lowest BCUT2D eigenvalue weighted by Crippen LogP contribution is -2.26. The van der Waals surface area contributed by atoms with Gasteiger partial charge in [-0.25, -0.2) is 0 Å². The molecule has 0 aromatic rings. The third-order valence-corrected chi connectivity index (χ3v) is 2.33. The van der Waals surface area contributed by atoms with Gasteiger partial charge in [-0.2, -0.15) is 5.06 Å². The molecule has 14 heavy (non-hydrogen) atoms. The molecule has 0 rings (SSSR count). The first-order valence-electron chi connectivity index (χ1n) is 6.23. The van der Waals surface area contributed by atoms with Gasteiger partial charge in [0.1, 0.15) is 0 Å². The molecule has 0 atom stereocenters. The minimum absolute atomic E-state index is 0.804. The van der Waals surface area contributed by atoms with Crippen LogP contribution in [0.25, 0.3) is 0 Å². The number of nitrogens with zero attached hydrogens (tertiary/aromatic N) is 1. The highest BCUT2D eigenvalue weighted by molar-refractivity contribution is 4.48. The Morgan fingerprint density at radius 3 is 1.64 bits per heavy atom. The van der Waals surface area contributed by atoms with E-state index in [-0.39, 0.29) is 0 Å². The van der Waals surface area contributed by atoms with Crippen molar-refractivity contribution < 1.29 is 4.84 Å². The monoisotopic (exact) mass is 201 g/mol. The van der Waals surface area contributed by atoms with E-state index in [4.69, 9.17) is 4.84 Å². The van der Waals surface area contributed by atoms with Crippen molar-refractivity contribution >= 4 is 0 Å². The Morgan fingerprint density at radius 2 is 1.29 bits per heavy atom. The predicted octanol–water partition coefficient (Wildman–Crippen LogP) is 3.62. The second-order valence-corrected chi connectivity index (χ2v) is 3.76. The van der Waals surface area contributed by atoms with Gasteiger partial charge >= 0.3 is 0 Å². The molecule has 0 saturated heterocycles. The van der Waals surface area contributed by atoms with E-state index in [1.54, 1.807) is 0 Å². The highest BCUT2D eigenvalue weighted by Gasteiger charge is 2.02. The molecule has 0 aliphatic carbocycles. The molecule has 0 aliphatic heterocycles. The molecule has 0 heterocycles. The van der Waals surface area contributed by atoms with Crippen molar-refractivity contribution in [1.82, 2.24) is 5.06 Å². The zero-order valence-electron chi connectivity index (χ0n) is 10.2. The topological polar surface area (TPSA) is 12.5 Å². The third kappa shape index (κ3) is 8.52. The predicted molar refractivity (Wildman–Crippen MR) is 62.2 cm³/mol. The zero-order chi connectivity index (χ0) is 10.6. The second-order valence-electron chi connectivity index (χ2n) is 3.76. The van der Waals surface area contributed by atoms with E-state index in [1.165, 1.54) is 38.5 Å². The molecular weight excluding hydrogens is 174 g/mol. The summed E-state index contributed by atoms with van der Waals surface area (Å²) < 4.78 is 0. The molecule has 0 spiro atoms. The first kappa shape index (κ1) is 13.9. The molecule has 0 aliphatic rings. The molecule has 0 unspecified atom stereocenters. The smallest absolute Gasteiger partial charge is 0.0656 e. The van der Waals surface area contributed by atoms with Crippen LogP contribution in [0.3, 0.4) is 0 Å². The number of hydrogen-bond donors (Lipinski definition) is 0. The van der Waals surface area contributed by atoms with E-state index < -0.39 is 0 Å². The van der Waals surface area contributed by atoms with E-state index in [9.17, 15) is 0 Å². The van der Waals surface area contributed by atoms with Crippen LogP contribution in [0.1, 0.15) is 59.3 Å². The van der Waals surface area contributed by atoms with Crippen LogP contribution < -0.4 is 0 Å². The van der Waals surface area contributed by atoms with Crippen LogP contribution in [0.2, 0.25) is 0 Å². The van der Waals surface area contributed by atoms with Crippen LogP contribution in [-0.2, 0) is 4.84 Å². The van der Waals surface area contributed by atoms with Gasteiger partial charge < -0.3 is 0 Å². The Kier molecular flexibility index (Phi) is 10.9. The summed E-state index contributed by atoms with van der Waals surface area (Å²) in [7, 11) is 0. The van der Waals surface area contributed by atoms with E-state index in [1.807, 2.05) is 0 Å². The fourth-order valence-corrected chi connectivity index (χ4v) is 1.50. The van der Waals surface area contributed by atoms with Gasteiger partial charge in [0, 0.05) is 13.1 Å². The Balaban J connectivity index is 3.44. The molecule has 2 heteroatoms. The van der Waals surface area contributed by atoms with Crippen LogP contribution in [0.5, 0.6) is 0 Å². The number of rotatable bonds is 10. The number of hydrogen-bond acceptors (Lipinski definition) is 2. The van der Waals surface area contributed by atoms with Gasteiger partial charge in [-0.3, -0.25) is 4.84 Å². The maximum atomic E-state index is 5.57. The van der Waals surface area contributed by atoms with Crippen molar-refractivity contribution in [3.8, 4) is 0 Å². The van der Waals surface area contributed by atoms with E-state index in [0.717, 1.165) is 19.7 Å². The summed E-state index contributed by atoms with van der Waals surface area (Å²) >= 11 is 0. The Hall–Kier alpha value is -0.0800. The first-order chi connectivity index (χ1) is 6.85. The van der Waals surface area contributed by atoms with Crippen LogP contribution in [0, 0.1) is 0 Å². The van der Waals surface area contributed by atoms with Gasteiger partial charge in [-0.05, 0) is 19.8 Å². The van der Waals surface area contributed by atoms with Gasteiger partial charge in [-0.15, -0.1) is 0 Å². The van der Waals surface area contributed by atoms with Gasteiger partial charge in [0.15, 0.2) is 0 Å². The first-order valence-corrected chi connectivity index (χ1v) is 6.23. The average Bonchev–Trinajstić information content (AvgIpc) is 2.18. The average molecular weight is 201 g/mol. The maximum Gasteiger partial charge on any atom is 0.0656 e. The fourth-order valence-electron chi connectivity index (χ4n) is 1.50. The Bertz CT molecular complexity index is 96.5. The summed E-state index contributed by atoms with van der Waals surface area (Å²) in [4.78, 5) is 5.57. The van der Waals surface area contributed by atoms with Crippen LogP contribution >= 0.6 is 0 Å². The van der Waals surface area contributed by atoms with Crippen molar-refractivity contribution in [2.24, 2.45) is 0 Å². The molecule has 0 N–H and O–H groups in total. The summed E-state index contributed by atoms with van der Waals surface area (Å²) in [6.07, 6.45) is 7.74. The molecule has 0 aromatic carbocycles. The molecule has 86 valence electrons. The van der Waals surface area contributed by atoms with Crippen LogP contribution in [-0.4, -0.2) is 24.8 Å². The van der Waals surface area contributed by atoms with Crippen LogP contribution in [0.15, 0.2) is 0 Å². The molecule has 0 radical (unpaired) electrons. The summed E-state index contributed by atoms with van der Waals surface area (Å²) in [5.74, 6) is 0. The summed E-state index contributed by atoms with van der Waals surface area (Å²) in [5.41, 5.74) is 0. The Labute approximate surface area is 89.6 Å². The second kappa shape index (κ2) is 11.0.